The number of aliphatic hydroxyl groups is 1. The Kier molecular flexibility index (Phi) is 5.78. The molecule has 0 atom stereocenters. The molecule has 1 N–H and O–H groups in total. The van der Waals surface area contributed by atoms with E-state index >= 15 is 0 Å². The zero-order valence-electron chi connectivity index (χ0n) is 20.6. The lowest BCUT2D eigenvalue weighted by Crippen LogP contribution is -2.43. The van der Waals surface area contributed by atoms with Gasteiger partial charge in [-0.15, -0.1) is 0 Å². The smallest absolute Gasteiger partial charge is 0.282 e. The van der Waals surface area contributed by atoms with E-state index in [0.717, 1.165) is 43.0 Å². The highest BCUT2D eigenvalue weighted by molar-refractivity contribution is 6.35. The van der Waals surface area contributed by atoms with Crippen LogP contribution < -0.4 is 5.56 Å². The van der Waals surface area contributed by atoms with Crippen LogP contribution in [0.4, 0.5) is 0 Å². The normalized spacial score (nSPS) is 24.5. The first-order valence-electron chi connectivity index (χ1n) is 13.1. The quantitative estimate of drug-likeness (QED) is 0.532. The average Bonchev–Trinajstić information content (AvgIpc) is 3.10. The van der Waals surface area contributed by atoms with Crippen molar-refractivity contribution in [1.29, 1.82) is 0 Å². The number of halogens is 1. The number of nitrogens with zero attached hydrogens (tertiary/aromatic N) is 3. The van der Waals surface area contributed by atoms with Crippen molar-refractivity contribution >= 4 is 22.5 Å². The van der Waals surface area contributed by atoms with Gasteiger partial charge in [-0.1, -0.05) is 29.8 Å². The third kappa shape index (κ3) is 3.75. The van der Waals surface area contributed by atoms with Gasteiger partial charge >= 0.3 is 0 Å². The lowest BCUT2D eigenvalue weighted by molar-refractivity contribution is 0.0907. The van der Waals surface area contributed by atoms with Crippen LogP contribution >= 0.6 is 11.6 Å². The standard InChI is InChI=1S/C29H34ClN3O2/c1-29(2)22-16-20(19-12-14-32(15-13-19)21-9-6-18(17-34)7-10-21)8-11-24(22)33-25-5-3-4-23(30)26(25)27(35)31-28(29)33/h3-5,8,11,16,18-19,21,34H,6-7,9-10,12-15,17H2,1-2H3. The number of fused-ring (bicyclic) bond motifs is 5. The summed E-state index contributed by atoms with van der Waals surface area (Å²) in [5.74, 6) is 1.86. The number of aliphatic hydroxyl groups excluding tert-OH is 1. The van der Waals surface area contributed by atoms with E-state index in [1.165, 1.54) is 36.8 Å². The van der Waals surface area contributed by atoms with Crippen molar-refractivity contribution in [2.75, 3.05) is 19.7 Å². The van der Waals surface area contributed by atoms with Crippen LogP contribution in [0.2, 0.25) is 5.02 Å². The molecule has 3 aromatic rings. The van der Waals surface area contributed by atoms with Gasteiger partial charge in [-0.2, -0.15) is 4.98 Å². The minimum atomic E-state index is -0.354. The monoisotopic (exact) mass is 491 g/mol. The van der Waals surface area contributed by atoms with E-state index in [1.807, 2.05) is 12.1 Å². The molecule has 1 saturated heterocycles. The highest BCUT2D eigenvalue weighted by atomic mass is 35.5. The fourth-order valence-electron chi connectivity index (χ4n) is 6.80. The summed E-state index contributed by atoms with van der Waals surface area (Å²) >= 11 is 6.40. The van der Waals surface area contributed by atoms with Crippen molar-refractivity contribution in [3.8, 4) is 5.69 Å². The van der Waals surface area contributed by atoms with E-state index in [0.29, 0.717) is 34.9 Å². The summed E-state index contributed by atoms with van der Waals surface area (Å²) in [6.07, 6.45) is 7.15. The van der Waals surface area contributed by atoms with Gasteiger partial charge < -0.3 is 10.0 Å². The molecule has 2 aromatic carbocycles. The molecular formula is C29H34ClN3O2. The predicted molar refractivity (Wildman–Crippen MR) is 141 cm³/mol. The van der Waals surface area contributed by atoms with Gasteiger partial charge in [-0.3, -0.25) is 9.36 Å². The van der Waals surface area contributed by atoms with E-state index in [9.17, 15) is 9.90 Å². The van der Waals surface area contributed by atoms with Crippen molar-refractivity contribution in [3.63, 3.8) is 0 Å². The molecule has 0 unspecified atom stereocenters. The maximum atomic E-state index is 12.9. The zero-order chi connectivity index (χ0) is 24.3. The van der Waals surface area contributed by atoms with E-state index < -0.39 is 0 Å². The van der Waals surface area contributed by atoms with Crippen LogP contribution in [-0.2, 0) is 5.41 Å². The minimum absolute atomic E-state index is 0.252. The van der Waals surface area contributed by atoms with Crippen LogP contribution in [0.3, 0.4) is 0 Å². The molecule has 0 amide bonds. The molecule has 1 aromatic heterocycles. The van der Waals surface area contributed by atoms with Gasteiger partial charge in [-0.25, -0.2) is 0 Å². The maximum absolute atomic E-state index is 12.9. The van der Waals surface area contributed by atoms with Gasteiger partial charge in [0.15, 0.2) is 0 Å². The molecule has 2 fully saturated rings. The number of benzene rings is 2. The molecule has 1 aliphatic carbocycles. The highest BCUT2D eigenvalue weighted by Crippen LogP contribution is 2.45. The Morgan fingerprint density at radius 3 is 2.51 bits per heavy atom. The Morgan fingerprint density at radius 1 is 1.06 bits per heavy atom. The van der Waals surface area contributed by atoms with Crippen LogP contribution in [0, 0.1) is 5.92 Å². The molecule has 6 heteroatoms. The summed E-state index contributed by atoms with van der Waals surface area (Å²) < 4.78 is 2.13. The Balaban J connectivity index is 1.28. The van der Waals surface area contributed by atoms with Crippen molar-refractivity contribution in [2.24, 2.45) is 5.92 Å². The van der Waals surface area contributed by atoms with Crippen LogP contribution in [0.5, 0.6) is 0 Å². The van der Waals surface area contributed by atoms with Crippen molar-refractivity contribution in [3.05, 3.63) is 68.7 Å². The molecule has 2 aliphatic heterocycles. The van der Waals surface area contributed by atoms with E-state index in [1.54, 1.807) is 6.07 Å². The topological polar surface area (TPSA) is 58.4 Å². The van der Waals surface area contributed by atoms with E-state index in [4.69, 9.17) is 11.6 Å². The first kappa shape index (κ1) is 23.2. The summed E-state index contributed by atoms with van der Waals surface area (Å²) in [6, 6.07) is 13.2. The minimum Gasteiger partial charge on any atom is -0.396 e. The largest absolute Gasteiger partial charge is 0.396 e. The van der Waals surface area contributed by atoms with Gasteiger partial charge in [0.2, 0.25) is 0 Å². The number of rotatable bonds is 3. The average molecular weight is 492 g/mol. The Hall–Kier alpha value is -2.21. The van der Waals surface area contributed by atoms with Gasteiger partial charge in [0, 0.05) is 12.6 Å². The van der Waals surface area contributed by atoms with E-state index in [-0.39, 0.29) is 11.0 Å². The number of piperidine rings is 1. The lowest BCUT2D eigenvalue weighted by atomic mass is 9.80. The summed E-state index contributed by atoms with van der Waals surface area (Å²) in [5.41, 5.74) is 3.96. The third-order valence-corrected chi connectivity index (χ3v) is 9.27. The summed E-state index contributed by atoms with van der Waals surface area (Å²) in [6.45, 7) is 6.99. The fourth-order valence-corrected chi connectivity index (χ4v) is 7.05. The molecule has 184 valence electrons. The summed E-state index contributed by atoms with van der Waals surface area (Å²) in [5, 5.41) is 10.4. The Morgan fingerprint density at radius 2 is 1.80 bits per heavy atom. The van der Waals surface area contributed by atoms with Gasteiger partial charge in [0.25, 0.3) is 5.56 Å². The highest BCUT2D eigenvalue weighted by Gasteiger charge is 2.39. The van der Waals surface area contributed by atoms with Crippen molar-refractivity contribution < 1.29 is 5.11 Å². The second-order valence-corrected chi connectivity index (χ2v) is 11.7. The third-order valence-electron chi connectivity index (χ3n) is 8.95. The molecule has 0 spiro atoms. The number of hydrogen-bond acceptors (Lipinski definition) is 4. The molecular weight excluding hydrogens is 458 g/mol. The Labute approximate surface area is 211 Å². The number of aromatic nitrogens is 2. The predicted octanol–water partition coefficient (Wildman–Crippen LogP) is 5.41. The van der Waals surface area contributed by atoms with E-state index in [2.05, 4.69) is 46.5 Å². The van der Waals surface area contributed by atoms with Gasteiger partial charge in [0.05, 0.1) is 27.0 Å². The maximum Gasteiger partial charge on any atom is 0.282 e. The molecule has 0 bridgehead atoms. The number of likely N-dealkylation sites (tertiary alicyclic amines) is 1. The molecule has 1 saturated carbocycles. The molecule has 3 aliphatic rings. The Bertz CT molecular complexity index is 1330. The first-order chi connectivity index (χ1) is 16.9. The first-order valence-corrected chi connectivity index (χ1v) is 13.5. The molecule has 5 nitrogen and oxygen atoms in total. The molecule has 6 rings (SSSR count). The SMILES string of the molecule is CC1(C)c2cc(C3CCN(C4CCC(CO)CC4)CC3)ccc2-n2c1nc(=O)c1c(Cl)cccc12. The second kappa shape index (κ2) is 8.72. The van der Waals surface area contributed by atoms with Crippen molar-refractivity contribution in [1.82, 2.24) is 14.5 Å². The van der Waals surface area contributed by atoms with Crippen LogP contribution in [0.1, 0.15) is 75.2 Å². The molecule has 0 radical (unpaired) electrons. The summed E-state index contributed by atoms with van der Waals surface area (Å²) in [7, 11) is 0. The van der Waals surface area contributed by atoms with Gasteiger partial charge in [-0.05, 0) is 107 Å². The summed E-state index contributed by atoms with van der Waals surface area (Å²) in [4.78, 5) is 20.1. The van der Waals surface area contributed by atoms with Gasteiger partial charge in [0.1, 0.15) is 5.82 Å². The van der Waals surface area contributed by atoms with Crippen molar-refractivity contribution in [2.45, 2.75) is 69.7 Å². The van der Waals surface area contributed by atoms with Crippen LogP contribution in [0.25, 0.3) is 16.6 Å². The second-order valence-electron chi connectivity index (χ2n) is 11.3. The lowest BCUT2D eigenvalue weighted by Gasteiger charge is -2.41. The molecule has 35 heavy (non-hydrogen) atoms. The zero-order valence-corrected chi connectivity index (χ0v) is 21.4. The number of hydrogen-bond donors (Lipinski definition) is 1. The van der Waals surface area contributed by atoms with Crippen LogP contribution in [-0.4, -0.2) is 45.3 Å². The van der Waals surface area contributed by atoms with Crippen LogP contribution in [0.15, 0.2) is 41.2 Å². The molecule has 3 heterocycles. The fraction of sp³-hybridized carbons (Fsp3) is 0.517.